The summed E-state index contributed by atoms with van der Waals surface area (Å²) in [5.41, 5.74) is 3.11. The van der Waals surface area contributed by atoms with Crippen molar-refractivity contribution in [2.75, 3.05) is 10.6 Å². The molecule has 1 heterocycles. The van der Waals surface area contributed by atoms with Gasteiger partial charge in [0.15, 0.2) is 0 Å². The van der Waals surface area contributed by atoms with Gasteiger partial charge in [0.1, 0.15) is 17.3 Å². The van der Waals surface area contributed by atoms with Crippen LogP contribution in [0.2, 0.25) is 5.02 Å². The molecule has 1 amide bonds. The van der Waals surface area contributed by atoms with Crippen LogP contribution in [0.3, 0.4) is 0 Å². The lowest BCUT2D eigenvalue weighted by Gasteiger charge is -2.11. The Kier molecular flexibility index (Phi) is 5.14. The third kappa shape index (κ3) is 4.15. The highest BCUT2D eigenvalue weighted by Gasteiger charge is 2.13. The Morgan fingerprint density at radius 2 is 1.92 bits per heavy atom. The molecule has 0 fully saturated rings. The fourth-order valence-electron chi connectivity index (χ4n) is 2.48. The summed E-state index contributed by atoms with van der Waals surface area (Å²) in [4.78, 5) is 20.6. The Labute approximate surface area is 155 Å². The number of benzene rings is 2. The SMILES string of the molecule is Cc1cc(C)c(NC(=O)c2cnc(Nc3cccc(F)c3)cn2)c(Cl)c1. The van der Waals surface area contributed by atoms with Gasteiger partial charge in [-0.3, -0.25) is 4.79 Å². The molecule has 0 unspecified atom stereocenters. The van der Waals surface area contributed by atoms with Crippen LogP contribution in [0.1, 0.15) is 21.6 Å². The Balaban J connectivity index is 1.73. The Bertz CT molecular complexity index is 937. The third-order valence-corrected chi connectivity index (χ3v) is 3.95. The molecule has 5 nitrogen and oxygen atoms in total. The molecule has 0 saturated heterocycles. The summed E-state index contributed by atoms with van der Waals surface area (Å²) >= 11 is 6.20. The second kappa shape index (κ2) is 7.49. The number of rotatable bonds is 4. The van der Waals surface area contributed by atoms with Gasteiger partial charge in [-0.05, 0) is 49.2 Å². The number of aromatic nitrogens is 2. The summed E-state index contributed by atoms with van der Waals surface area (Å²) in [6.45, 7) is 3.80. The van der Waals surface area contributed by atoms with Gasteiger partial charge in [0.2, 0.25) is 0 Å². The number of amides is 1. The fourth-order valence-corrected chi connectivity index (χ4v) is 2.84. The van der Waals surface area contributed by atoms with E-state index in [2.05, 4.69) is 20.6 Å². The highest BCUT2D eigenvalue weighted by molar-refractivity contribution is 6.34. The van der Waals surface area contributed by atoms with Gasteiger partial charge >= 0.3 is 0 Å². The molecule has 132 valence electrons. The van der Waals surface area contributed by atoms with E-state index in [0.717, 1.165) is 11.1 Å². The first-order chi connectivity index (χ1) is 12.4. The average molecular weight is 371 g/mol. The number of anilines is 3. The van der Waals surface area contributed by atoms with E-state index in [1.165, 1.54) is 24.5 Å². The Morgan fingerprint density at radius 1 is 1.12 bits per heavy atom. The normalized spacial score (nSPS) is 10.5. The van der Waals surface area contributed by atoms with Gasteiger partial charge in [0.25, 0.3) is 5.91 Å². The van der Waals surface area contributed by atoms with E-state index in [1.54, 1.807) is 18.2 Å². The molecule has 0 bridgehead atoms. The molecule has 0 aliphatic carbocycles. The predicted molar refractivity (Wildman–Crippen MR) is 101 cm³/mol. The zero-order valence-corrected chi connectivity index (χ0v) is 14.9. The average Bonchev–Trinajstić information content (AvgIpc) is 2.58. The summed E-state index contributed by atoms with van der Waals surface area (Å²) in [7, 11) is 0. The summed E-state index contributed by atoms with van der Waals surface area (Å²) < 4.78 is 13.2. The molecule has 3 aromatic rings. The lowest BCUT2D eigenvalue weighted by molar-refractivity contribution is 0.102. The smallest absolute Gasteiger partial charge is 0.275 e. The molecule has 1 aromatic heterocycles. The van der Waals surface area contributed by atoms with Crippen molar-refractivity contribution in [3.05, 3.63) is 76.5 Å². The topological polar surface area (TPSA) is 66.9 Å². The van der Waals surface area contributed by atoms with Crippen molar-refractivity contribution < 1.29 is 9.18 Å². The van der Waals surface area contributed by atoms with Crippen LogP contribution in [0, 0.1) is 19.7 Å². The van der Waals surface area contributed by atoms with E-state index < -0.39 is 5.91 Å². The number of halogens is 2. The Hall–Kier alpha value is -2.99. The van der Waals surface area contributed by atoms with Crippen LogP contribution in [0.15, 0.2) is 48.8 Å². The largest absolute Gasteiger partial charge is 0.339 e. The van der Waals surface area contributed by atoms with Gasteiger partial charge in [-0.15, -0.1) is 0 Å². The minimum Gasteiger partial charge on any atom is -0.339 e. The number of carbonyl (C=O) groups excluding carboxylic acids is 1. The zero-order valence-electron chi connectivity index (χ0n) is 14.2. The summed E-state index contributed by atoms with van der Waals surface area (Å²) in [6.07, 6.45) is 2.75. The number of hydrogen-bond donors (Lipinski definition) is 2. The van der Waals surface area contributed by atoms with Crippen molar-refractivity contribution in [1.82, 2.24) is 9.97 Å². The van der Waals surface area contributed by atoms with Crippen molar-refractivity contribution >= 4 is 34.7 Å². The van der Waals surface area contributed by atoms with Crippen molar-refractivity contribution in [3.63, 3.8) is 0 Å². The molecular weight excluding hydrogens is 355 g/mol. The van der Waals surface area contributed by atoms with Crippen LogP contribution in [-0.4, -0.2) is 15.9 Å². The second-order valence-corrected chi connectivity index (χ2v) is 6.22. The van der Waals surface area contributed by atoms with Crippen LogP contribution in [0.25, 0.3) is 0 Å². The van der Waals surface area contributed by atoms with E-state index in [4.69, 9.17) is 11.6 Å². The van der Waals surface area contributed by atoms with E-state index in [0.29, 0.717) is 22.2 Å². The third-order valence-electron chi connectivity index (χ3n) is 3.65. The maximum Gasteiger partial charge on any atom is 0.275 e. The van der Waals surface area contributed by atoms with Crippen molar-refractivity contribution in [3.8, 4) is 0 Å². The van der Waals surface area contributed by atoms with E-state index in [1.807, 2.05) is 19.9 Å². The zero-order chi connectivity index (χ0) is 18.7. The Morgan fingerprint density at radius 3 is 2.58 bits per heavy atom. The van der Waals surface area contributed by atoms with Crippen LogP contribution in [0.4, 0.5) is 21.6 Å². The van der Waals surface area contributed by atoms with Crippen molar-refractivity contribution in [1.29, 1.82) is 0 Å². The van der Waals surface area contributed by atoms with Gasteiger partial charge < -0.3 is 10.6 Å². The first-order valence-electron chi connectivity index (χ1n) is 7.85. The van der Waals surface area contributed by atoms with Gasteiger partial charge in [-0.2, -0.15) is 0 Å². The number of aryl methyl sites for hydroxylation is 2. The van der Waals surface area contributed by atoms with Crippen LogP contribution < -0.4 is 10.6 Å². The predicted octanol–water partition coefficient (Wildman–Crippen LogP) is 4.88. The molecule has 2 aromatic carbocycles. The molecule has 0 atom stereocenters. The van der Waals surface area contributed by atoms with Crippen molar-refractivity contribution in [2.45, 2.75) is 13.8 Å². The van der Waals surface area contributed by atoms with Gasteiger partial charge in [0.05, 0.1) is 23.1 Å². The van der Waals surface area contributed by atoms with E-state index >= 15 is 0 Å². The van der Waals surface area contributed by atoms with E-state index in [9.17, 15) is 9.18 Å². The first-order valence-corrected chi connectivity index (χ1v) is 8.23. The minimum atomic E-state index is -0.413. The summed E-state index contributed by atoms with van der Waals surface area (Å²) in [5, 5.41) is 6.14. The highest BCUT2D eigenvalue weighted by Crippen LogP contribution is 2.27. The first kappa shape index (κ1) is 17.8. The molecule has 0 radical (unpaired) electrons. The molecule has 0 aliphatic heterocycles. The maximum absolute atomic E-state index is 13.2. The van der Waals surface area contributed by atoms with Gasteiger partial charge in [-0.1, -0.05) is 23.7 Å². The lowest BCUT2D eigenvalue weighted by Crippen LogP contribution is -2.15. The molecule has 0 spiro atoms. The van der Waals surface area contributed by atoms with Gasteiger partial charge in [0, 0.05) is 5.69 Å². The highest BCUT2D eigenvalue weighted by atomic mass is 35.5. The monoisotopic (exact) mass is 370 g/mol. The standard InChI is InChI=1S/C19H16ClFN4O/c1-11-6-12(2)18(15(20)7-11)25-19(26)16-9-23-17(10-22-16)24-14-5-3-4-13(21)8-14/h3-10H,1-2H3,(H,23,24)(H,25,26). The minimum absolute atomic E-state index is 0.144. The number of nitrogens with zero attached hydrogens (tertiary/aromatic N) is 2. The summed E-state index contributed by atoms with van der Waals surface area (Å²) in [5.74, 6) is -0.371. The second-order valence-electron chi connectivity index (χ2n) is 5.81. The van der Waals surface area contributed by atoms with Crippen LogP contribution in [0.5, 0.6) is 0 Å². The maximum atomic E-state index is 13.2. The molecule has 2 N–H and O–H groups in total. The molecule has 7 heteroatoms. The number of hydrogen-bond acceptors (Lipinski definition) is 4. The molecule has 26 heavy (non-hydrogen) atoms. The molecule has 3 rings (SSSR count). The summed E-state index contributed by atoms with van der Waals surface area (Å²) in [6, 6.07) is 9.68. The van der Waals surface area contributed by atoms with Crippen LogP contribution in [-0.2, 0) is 0 Å². The number of carbonyl (C=O) groups is 1. The molecule has 0 saturated carbocycles. The van der Waals surface area contributed by atoms with Gasteiger partial charge in [-0.25, -0.2) is 14.4 Å². The van der Waals surface area contributed by atoms with E-state index in [-0.39, 0.29) is 11.5 Å². The number of nitrogens with one attached hydrogen (secondary N) is 2. The fraction of sp³-hybridized carbons (Fsp3) is 0.105. The van der Waals surface area contributed by atoms with Crippen LogP contribution >= 0.6 is 11.6 Å². The quantitative estimate of drug-likeness (QED) is 0.686. The molecular formula is C19H16ClFN4O. The molecule has 0 aliphatic rings. The van der Waals surface area contributed by atoms with Crippen molar-refractivity contribution in [2.24, 2.45) is 0 Å². The lowest BCUT2D eigenvalue weighted by atomic mass is 10.1.